The Balaban J connectivity index is 3.16. The molecule has 1 aromatic carbocycles. The topological polar surface area (TPSA) is 42.2 Å². The molecule has 1 rings (SSSR count). The lowest BCUT2D eigenvalue weighted by molar-refractivity contribution is 0.237. The molecule has 5 heteroatoms. The van der Waals surface area contributed by atoms with Crippen LogP contribution in [0, 0.1) is 17.1 Å². The summed E-state index contributed by atoms with van der Waals surface area (Å²) in [4.78, 5) is 0. The molecule has 0 amide bonds. The van der Waals surface area contributed by atoms with E-state index in [1.807, 2.05) is 32.6 Å². The number of hydrogen-bond acceptors (Lipinski definition) is 3. The lowest BCUT2D eigenvalue weighted by Crippen LogP contribution is -2.28. The van der Waals surface area contributed by atoms with Crippen molar-refractivity contribution in [3.8, 4) is 11.8 Å². The zero-order valence-electron chi connectivity index (χ0n) is 11.2. The van der Waals surface area contributed by atoms with Gasteiger partial charge in [-0.3, -0.25) is 0 Å². The fraction of sp³-hybridized carbons (Fsp3) is 0.462. The zero-order chi connectivity index (χ0) is 13.8. The number of halogens is 1. The Hall–Kier alpha value is -1.38. The quantitative estimate of drug-likeness (QED) is 0.765. The molecule has 0 fully saturated rings. The Morgan fingerprint density at radius 3 is 2.56 bits per heavy atom. The van der Waals surface area contributed by atoms with Crippen molar-refractivity contribution in [3.05, 3.63) is 29.6 Å². The molecule has 0 aliphatic heterocycles. The first-order chi connectivity index (χ1) is 8.39. The van der Waals surface area contributed by atoms with Gasteiger partial charge < -0.3 is 9.16 Å². The number of benzene rings is 1. The summed E-state index contributed by atoms with van der Waals surface area (Å²) < 4.78 is 24.9. The fourth-order valence-corrected chi connectivity index (χ4v) is 2.43. The van der Waals surface area contributed by atoms with E-state index in [9.17, 15) is 9.65 Å². The molecular formula is C13H18FNO2Si. The van der Waals surface area contributed by atoms with E-state index in [1.165, 1.54) is 6.07 Å². The van der Waals surface area contributed by atoms with E-state index < -0.39 is 20.2 Å². The highest BCUT2D eigenvalue weighted by atomic mass is 28.4. The van der Waals surface area contributed by atoms with Crippen molar-refractivity contribution in [1.82, 2.24) is 0 Å². The molecule has 0 aliphatic carbocycles. The molecule has 0 heterocycles. The first kappa shape index (κ1) is 14.7. The van der Waals surface area contributed by atoms with Gasteiger partial charge in [0.05, 0.1) is 18.2 Å². The summed E-state index contributed by atoms with van der Waals surface area (Å²) in [6, 6.07) is 6.54. The number of rotatable bonds is 5. The van der Waals surface area contributed by atoms with Gasteiger partial charge >= 0.3 is 0 Å². The molecule has 0 N–H and O–H groups in total. The van der Waals surface area contributed by atoms with E-state index in [0.29, 0.717) is 12.4 Å². The van der Waals surface area contributed by atoms with Crippen LogP contribution in [0.1, 0.15) is 18.6 Å². The maximum atomic E-state index is 13.9. The number of hydrogen-bond donors (Lipinski definition) is 0. The Morgan fingerprint density at radius 2 is 2.06 bits per heavy atom. The van der Waals surface area contributed by atoms with Crippen molar-refractivity contribution in [2.45, 2.75) is 32.7 Å². The van der Waals surface area contributed by atoms with Gasteiger partial charge in [-0.1, -0.05) is 6.07 Å². The molecule has 0 aromatic heterocycles. The molecule has 98 valence electrons. The van der Waals surface area contributed by atoms with Crippen LogP contribution < -0.4 is 4.74 Å². The maximum Gasteiger partial charge on any atom is 0.186 e. The van der Waals surface area contributed by atoms with Gasteiger partial charge in [0.25, 0.3) is 0 Å². The van der Waals surface area contributed by atoms with Gasteiger partial charge in [-0.15, -0.1) is 0 Å². The van der Waals surface area contributed by atoms with E-state index in [0.717, 1.165) is 0 Å². The number of ether oxygens (including phenoxy) is 1. The highest BCUT2D eigenvalue weighted by Crippen LogP contribution is 2.32. The third kappa shape index (κ3) is 3.83. The van der Waals surface area contributed by atoms with Crippen molar-refractivity contribution in [3.63, 3.8) is 0 Å². The third-order valence-electron chi connectivity index (χ3n) is 2.16. The van der Waals surface area contributed by atoms with E-state index in [-0.39, 0.29) is 5.56 Å². The normalized spacial score (nSPS) is 12.9. The van der Waals surface area contributed by atoms with Crippen molar-refractivity contribution in [2.75, 3.05) is 6.61 Å². The highest BCUT2D eigenvalue weighted by molar-refractivity contribution is 6.69. The summed E-state index contributed by atoms with van der Waals surface area (Å²) in [6.07, 6.45) is -0.917. The number of nitriles is 1. The summed E-state index contributed by atoms with van der Waals surface area (Å²) >= 11 is 0. The van der Waals surface area contributed by atoms with Gasteiger partial charge in [-0.2, -0.15) is 5.26 Å². The van der Waals surface area contributed by atoms with Crippen molar-refractivity contribution < 1.29 is 13.6 Å². The minimum Gasteiger partial charge on any atom is -0.493 e. The minimum absolute atomic E-state index is 0.198. The first-order valence-electron chi connectivity index (χ1n) is 5.87. The van der Waals surface area contributed by atoms with Crippen LogP contribution in [0.25, 0.3) is 0 Å². The van der Waals surface area contributed by atoms with Crippen LogP contribution in [0.15, 0.2) is 18.2 Å². The smallest absolute Gasteiger partial charge is 0.186 e. The van der Waals surface area contributed by atoms with Crippen LogP contribution in [0.2, 0.25) is 19.6 Å². The van der Waals surface area contributed by atoms with Crippen LogP contribution in [0.3, 0.4) is 0 Å². The monoisotopic (exact) mass is 267 g/mol. The average Bonchev–Trinajstić information content (AvgIpc) is 2.26. The number of nitrogens with zero attached hydrogens (tertiary/aromatic N) is 1. The van der Waals surface area contributed by atoms with Gasteiger partial charge in [-0.25, -0.2) is 4.39 Å². The molecule has 0 aliphatic rings. The lowest BCUT2D eigenvalue weighted by atomic mass is 10.1. The predicted octanol–water partition coefficient (Wildman–Crippen LogP) is 3.64. The average molecular weight is 267 g/mol. The van der Waals surface area contributed by atoms with Crippen LogP contribution in [0.5, 0.6) is 5.75 Å². The van der Waals surface area contributed by atoms with E-state index in [4.69, 9.17) is 9.16 Å². The summed E-state index contributed by atoms with van der Waals surface area (Å²) in [5, 5.41) is 9.18. The van der Waals surface area contributed by atoms with Crippen molar-refractivity contribution >= 4 is 8.32 Å². The molecule has 0 radical (unpaired) electrons. The lowest BCUT2D eigenvalue weighted by Gasteiger charge is -2.23. The second-order valence-corrected chi connectivity index (χ2v) is 9.28. The molecule has 3 nitrogen and oxygen atoms in total. The highest BCUT2D eigenvalue weighted by Gasteiger charge is 2.27. The summed E-state index contributed by atoms with van der Waals surface area (Å²) in [5.41, 5.74) is 0.198. The van der Waals surface area contributed by atoms with Gasteiger partial charge in [0.1, 0.15) is 11.6 Å². The fourth-order valence-electron chi connectivity index (χ4n) is 1.56. The minimum atomic E-state index is -1.94. The predicted molar refractivity (Wildman–Crippen MR) is 70.4 cm³/mol. The summed E-state index contributed by atoms with van der Waals surface area (Å²) in [5.74, 6) is -0.0898. The van der Waals surface area contributed by atoms with Gasteiger partial charge in [-0.05, 0) is 38.7 Å². The summed E-state index contributed by atoms with van der Waals surface area (Å²) in [6.45, 7) is 8.10. The van der Waals surface area contributed by atoms with Crippen LogP contribution in [0.4, 0.5) is 4.39 Å². The van der Waals surface area contributed by atoms with Crippen molar-refractivity contribution in [2.24, 2.45) is 0 Å². The van der Waals surface area contributed by atoms with Crippen LogP contribution in [-0.2, 0) is 4.43 Å². The molecule has 0 bridgehead atoms. The van der Waals surface area contributed by atoms with Crippen molar-refractivity contribution in [1.29, 1.82) is 5.26 Å². The zero-order valence-corrected chi connectivity index (χ0v) is 12.2. The van der Waals surface area contributed by atoms with Gasteiger partial charge in [0, 0.05) is 0 Å². The van der Waals surface area contributed by atoms with Gasteiger partial charge in [0.2, 0.25) is 0 Å². The van der Waals surface area contributed by atoms with Crippen LogP contribution in [-0.4, -0.2) is 14.9 Å². The second-order valence-electron chi connectivity index (χ2n) is 4.82. The molecule has 0 spiro atoms. The third-order valence-corrected chi connectivity index (χ3v) is 3.11. The van der Waals surface area contributed by atoms with Gasteiger partial charge in [0.15, 0.2) is 14.4 Å². The molecule has 0 unspecified atom stereocenters. The Kier molecular flexibility index (Phi) is 4.88. The Morgan fingerprint density at radius 1 is 1.39 bits per heavy atom. The molecule has 18 heavy (non-hydrogen) atoms. The Bertz CT molecular complexity index is 451. The summed E-state index contributed by atoms with van der Waals surface area (Å²) in [7, 11) is -1.94. The SMILES string of the molecule is CCOc1cccc(F)c1[C@H](C#N)O[Si](C)(C)C. The largest absolute Gasteiger partial charge is 0.493 e. The Labute approximate surface area is 108 Å². The van der Waals surface area contributed by atoms with E-state index in [1.54, 1.807) is 12.1 Å². The second kappa shape index (κ2) is 5.98. The molecular weight excluding hydrogens is 249 g/mol. The van der Waals surface area contributed by atoms with Crippen LogP contribution >= 0.6 is 0 Å². The maximum absolute atomic E-state index is 13.9. The molecule has 1 atom stereocenters. The molecule has 0 saturated heterocycles. The first-order valence-corrected chi connectivity index (χ1v) is 9.28. The van der Waals surface area contributed by atoms with E-state index >= 15 is 0 Å². The van der Waals surface area contributed by atoms with E-state index in [2.05, 4.69) is 0 Å². The standard InChI is InChI=1S/C13H18FNO2Si/c1-5-16-11-8-6-7-10(14)13(11)12(9-15)17-18(2,3)4/h6-8,12H,5H2,1-4H3/t12-/m0/s1. The molecule has 1 aromatic rings. The molecule has 0 saturated carbocycles.